The van der Waals surface area contributed by atoms with Crippen LogP contribution >= 0.6 is 15.9 Å². The highest BCUT2D eigenvalue weighted by atomic mass is 79.9. The van der Waals surface area contributed by atoms with Gasteiger partial charge in [0.1, 0.15) is 6.04 Å². The molecule has 6 heteroatoms. The van der Waals surface area contributed by atoms with Crippen molar-refractivity contribution in [3.05, 3.63) is 28.7 Å². The van der Waals surface area contributed by atoms with Gasteiger partial charge in [-0.05, 0) is 28.1 Å². The van der Waals surface area contributed by atoms with Crippen molar-refractivity contribution < 1.29 is 14.7 Å². The normalized spacial score (nSPS) is 11.6. The Hall–Kier alpha value is -1.56. The second-order valence-corrected chi connectivity index (χ2v) is 4.31. The van der Waals surface area contributed by atoms with E-state index in [1.807, 2.05) is 24.3 Å². The molecule has 17 heavy (non-hydrogen) atoms. The van der Waals surface area contributed by atoms with Crippen LogP contribution in [0.25, 0.3) is 0 Å². The van der Waals surface area contributed by atoms with Gasteiger partial charge in [-0.1, -0.05) is 12.1 Å². The number of halogens is 1. The zero-order chi connectivity index (χ0) is 12.8. The third-order valence-electron chi connectivity index (χ3n) is 2.05. The summed E-state index contributed by atoms with van der Waals surface area (Å²) in [5, 5.41) is 14.2. The van der Waals surface area contributed by atoms with E-state index in [2.05, 4.69) is 26.6 Å². The molecule has 0 aliphatic rings. The SMILES string of the molecule is CC(=O)NC(CNc1ccccc1Br)C(=O)O. The van der Waals surface area contributed by atoms with Gasteiger partial charge in [0.2, 0.25) is 5.91 Å². The fourth-order valence-corrected chi connectivity index (χ4v) is 1.69. The fraction of sp³-hybridized carbons (Fsp3) is 0.273. The third-order valence-corrected chi connectivity index (χ3v) is 2.74. The Morgan fingerprint density at radius 2 is 2.06 bits per heavy atom. The van der Waals surface area contributed by atoms with Crippen LogP contribution in [0.5, 0.6) is 0 Å². The number of anilines is 1. The topological polar surface area (TPSA) is 78.4 Å². The number of carboxylic acids is 1. The first-order valence-corrected chi connectivity index (χ1v) is 5.78. The van der Waals surface area contributed by atoms with Crippen molar-refractivity contribution >= 4 is 33.5 Å². The summed E-state index contributed by atoms with van der Waals surface area (Å²) in [5.41, 5.74) is 0.782. The molecule has 1 aromatic carbocycles. The van der Waals surface area contributed by atoms with Crippen LogP contribution in [0, 0.1) is 0 Å². The van der Waals surface area contributed by atoms with Crippen molar-refractivity contribution in [3.63, 3.8) is 0 Å². The molecule has 0 aliphatic carbocycles. The number of carbonyl (C=O) groups excluding carboxylic acids is 1. The van der Waals surface area contributed by atoms with Gasteiger partial charge in [0.05, 0.1) is 0 Å². The quantitative estimate of drug-likeness (QED) is 0.769. The van der Waals surface area contributed by atoms with Crippen LogP contribution in [0.2, 0.25) is 0 Å². The number of aliphatic carboxylic acids is 1. The summed E-state index contributed by atoms with van der Waals surface area (Å²) >= 11 is 3.34. The highest BCUT2D eigenvalue weighted by Gasteiger charge is 2.17. The van der Waals surface area contributed by atoms with E-state index >= 15 is 0 Å². The van der Waals surface area contributed by atoms with Crippen molar-refractivity contribution in [2.24, 2.45) is 0 Å². The molecule has 0 spiro atoms. The van der Waals surface area contributed by atoms with Crippen molar-refractivity contribution in [2.75, 3.05) is 11.9 Å². The van der Waals surface area contributed by atoms with Crippen LogP contribution in [0.1, 0.15) is 6.92 Å². The molecule has 1 amide bonds. The monoisotopic (exact) mass is 300 g/mol. The lowest BCUT2D eigenvalue weighted by atomic mass is 10.2. The molecule has 0 fully saturated rings. The van der Waals surface area contributed by atoms with Gasteiger partial charge in [0.15, 0.2) is 0 Å². The van der Waals surface area contributed by atoms with Crippen LogP contribution in [-0.4, -0.2) is 29.6 Å². The molecule has 0 aromatic heterocycles. The van der Waals surface area contributed by atoms with E-state index in [0.29, 0.717) is 0 Å². The maximum Gasteiger partial charge on any atom is 0.328 e. The molecule has 1 unspecified atom stereocenters. The van der Waals surface area contributed by atoms with Gasteiger partial charge in [-0.25, -0.2) is 4.79 Å². The van der Waals surface area contributed by atoms with Crippen LogP contribution in [0.3, 0.4) is 0 Å². The first kappa shape index (κ1) is 13.5. The Bertz CT molecular complexity index is 423. The number of nitrogens with one attached hydrogen (secondary N) is 2. The minimum Gasteiger partial charge on any atom is -0.480 e. The van der Waals surface area contributed by atoms with E-state index in [9.17, 15) is 9.59 Å². The van der Waals surface area contributed by atoms with Crippen LogP contribution in [-0.2, 0) is 9.59 Å². The number of amides is 1. The van der Waals surface area contributed by atoms with Gasteiger partial charge in [-0.15, -0.1) is 0 Å². The van der Waals surface area contributed by atoms with E-state index in [-0.39, 0.29) is 12.5 Å². The molecule has 0 heterocycles. The number of benzene rings is 1. The lowest BCUT2D eigenvalue weighted by Gasteiger charge is -2.15. The predicted octanol–water partition coefficient (Wildman–Crippen LogP) is 1.45. The van der Waals surface area contributed by atoms with Crippen molar-refractivity contribution in [3.8, 4) is 0 Å². The van der Waals surface area contributed by atoms with E-state index in [1.165, 1.54) is 6.92 Å². The second kappa shape index (κ2) is 6.24. The average Bonchev–Trinajstić information content (AvgIpc) is 2.25. The first-order chi connectivity index (χ1) is 8.00. The molecule has 92 valence electrons. The molecule has 0 saturated heterocycles. The largest absolute Gasteiger partial charge is 0.480 e. The maximum absolute atomic E-state index is 10.9. The number of carbonyl (C=O) groups is 2. The lowest BCUT2D eigenvalue weighted by molar-refractivity contribution is -0.141. The Morgan fingerprint density at radius 1 is 1.41 bits per heavy atom. The number of rotatable bonds is 5. The van der Waals surface area contributed by atoms with Crippen LogP contribution < -0.4 is 10.6 Å². The summed E-state index contributed by atoms with van der Waals surface area (Å²) in [5.74, 6) is -1.44. The molecule has 1 atom stereocenters. The van der Waals surface area contributed by atoms with Crippen LogP contribution in [0.4, 0.5) is 5.69 Å². The molecule has 0 radical (unpaired) electrons. The van der Waals surface area contributed by atoms with E-state index < -0.39 is 12.0 Å². The maximum atomic E-state index is 10.9. The molecule has 0 aliphatic heterocycles. The molecule has 0 bridgehead atoms. The zero-order valence-electron chi connectivity index (χ0n) is 9.24. The van der Waals surface area contributed by atoms with E-state index in [0.717, 1.165) is 10.2 Å². The Balaban J connectivity index is 2.61. The Labute approximate surface area is 107 Å². The molecule has 1 aromatic rings. The minimum atomic E-state index is -1.07. The summed E-state index contributed by atoms with van der Waals surface area (Å²) in [7, 11) is 0. The molecular weight excluding hydrogens is 288 g/mol. The standard InChI is InChI=1S/C11H13BrN2O3/c1-7(15)14-10(11(16)17)6-13-9-5-3-2-4-8(9)12/h2-5,10,13H,6H2,1H3,(H,14,15)(H,16,17). The minimum absolute atomic E-state index is 0.123. The van der Waals surface area contributed by atoms with Gasteiger partial charge >= 0.3 is 5.97 Å². The molecule has 0 saturated carbocycles. The van der Waals surface area contributed by atoms with E-state index in [4.69, 9.17) is 5.11 Å². The van der Waals surface area contributed by atoms with Gasteiger partial charge in [-0.2, -0.15) is 0 Å². The molecule has 1 rings (SSSR count). The van der Waals surface area contributed by atoms with Crippen molar-refractivity contribution in [2.45, 2.75) is 13.0 Å². The first-order valence-electron chi connectivity index (χ1n) is 4.99. The summed E-state index contributed by atoms with van der Waals surface area (Å²) in [6.45, 7) is 1.41. The number of hydrogen-bond acceptors (Lipinski definition) is 3. The second-order valence-electron chi connectivity index (χ2n) is 3.45. The highest BCUT2D eigenvalue weighted by Crippen LogP contribution is 2.20. The van der Waals surface area contributed by atoms with Gasteiger partial charge in [0.25, 0.3) is 0 Å². The van der Waals surface area contributed by atoms with Crippen LogP contribution in [0.15, 0.2) is 28.7 Å². The molecule has 3 N–H and O–H groups in total. The number of para-hydroxylation sites is 1. The summed E-state index contributed by atoms with van der Waals surface area (Å²) in [6, 6.07) is 6.41. The molecule has 5 nitrogen and oxygen atoms in total. The number of carboxylic acid groups (broad SMARTS) is 1. The smallest absolute Gasteiger partial charge is 0.328 e. The summed E-state index contributed by atoms with van der Waals surface area (Å²) in [4.78, 5) is 21.7. The van der Waals surface area contributed by atoms with Gasteiger partial charge < -0.3 is 15.7 Å². The van der Waals surface area contributed by atoms with E-state index in [1.54, 1.807) is 0 Å². The van der Waals surface area contributed by atoms with Gasteiger partial charge in [0, 0.05) is 23.6 Å². The van der Waals surface area contributed by atoms with Crippen molar-refractivity contribution in [1.82, 2.24) is 5.32 Å². The Morgan fingerprint density at radius 3 is 2.59 bits per heavy atom. The van der Waals surface area contributed by atoms with Gasteiger partial charge in [-0.3, -0.25) is 4.79 Å². The van der Waals surface area contributed by atoms with Crippen molar-refractivity contribution in [1.29, 1.82) is 0 Å². The average molecular weight is 301 g/mol. The highest BCUT2D eigenvalue weighted by molar-refractivity contribution is 9.10. The summed E-state index contributed by atoms with van der Waals surface area (Å²) in [6.07, 6.45) is 0. The predicted molar refractivity (Wildman–Crippen MR) is 67.9 cm³/mol. The Kier molecular flexibility index (Phi) is 4.96. The third kappa shape index (κ3) is 4.44. The number of hydrogen-bond donors (Lipinski definition) is 3. The fourth-order valence-electron chi connectivity index (χ4n) is 1.26. The lowest BCUT2D eigenvalue weighted by Crippen LogP contribution is -2.44. The molecular formula is C11H13BrN2O3. The zero-order valence-corrected chi connectivity index (χ0v) is 10.8. The summed E-state index contributed by atoms with van der Waals surface area (Å²) < 4.78 is 0.840.